The van der Waals surface area contributed by atoms with Crippen LogP contribution in [0, 0.1) is 0 Å². The average Bonchev–Trinajstić information content (AvgIpc) is 3.75. The molecule has 7 rings (SSSR count). The van der Waals surface area contributed by atoms with Crippen molar-refractivity contribution in [1.29, 1.82) is 0 Å². The Morgan fingerprint density at radius 2 is 1.43 bits per heavy atom. The van der Waals surface area contributed by atoms with E-state index >= 15 is 0 Å². The molecule has 236 valence electrons. The minimum absolute atomic E-state index is 0.0623. The number of thiazole rings is 1. The lowest BCUT2D eigenvalue weighted by atomic mass is 9.95. The van der Waals surface area contributed by atoms with E-state index in [0.29, 0.717) is 26.4 Å². The zero-order valence-electron chi connectivity index (χ0n) is 26.6. The molecule has 6 aromatic rings. The molecule has 0 radical (unpaired) electrons. The summed E-state index contributed by atoms with van der Waals surface area (Å²) in [6, 6.07) is 39.8. The van der Waals surface area contributed by atoms with Gasteiger partial charge in [0, 0.05) is 41.7 Å². The van der Waals surface area contributed by atoms with Gasteiger partial charge in [-0.05, 0) is 22.8 Å². The van der Waals surface area contributed by atoms with Crippen LogP contribution < -0.4 is 0 Å². The number of fused-ring (bicyclic) bond motifs is 1. The Morgan fingerprint density at radius 3 is 2.17 bits per heavy atom. The highest BCUT2D eigenvalue weighted by Gasteiger charge is 2.33. The number of para-hydroxylation sites is 1. The zero-order valence-corrected chi connectivity index (χ0v) is 27.4. The molecule has 3 unspecified atom stereocenters. The number of nitrogens with zero attached hydrogens (tertiary/aromatic N) is 2. The lowest BCUT2D eigenvalue weighted by molar-refractivity contribution is -0.141. The number of aromatic nitrogens is 2. The van der Waals surface area contributed by atoms with Crippen LogP contribution >= 0.6 is 11.3 Å². The molecule has 0 bridgehead atoms. The third-order valence-electron chi connectivity index (χ3n) is 8.19. The van der Waals surface area contributed by atoms with Crippen molar-refractivity contribution in [2.24, 2.45) is 0 Å². The van der Waals surface area contributed by atoms with Crippen molar-refractivity contribution in [1.82, 2.24) is 9.55 Å². The van der Waals surface area contributed by atoms with Gasteiger partial charge in [0.1, 0.15) is 5.01 Å². The summed E-state index contributed by atoms with van der Waals surface area (Å²) in [7, 11) is 0. The third-order valence-corrected chi connectivity index (χ3v) is 9.22. The average molecular weight is 631 g/mol. The predicted octanol–water partition coefficient (Wildman–Crippen LogP) is 9.86. The van der Waals surface area contributed by atoms with E-state index < -0.39 is 0 Å². The predicted molar refractivity (Wildman–Crippen MR) is 188 cm³/mol. The summed E-state index contributed by atoms with van der Waals surface area (Å²) >= 11 is 1.75. The van der Waals surface area contributed by atoms with Crippen LogP contribution in [-0.2, 0) is 34.0 Å². The zero-order chi connectivity index (χ0) is 31.6. The van der Waals surface area contributed by atoms with E-state index in [9.17, 15) is 0 Å². The van der Waals surface area contributed by atoms with E-state index in [2.05, 4.69) is 95.7 Å². The summed E-state index contributed by atoms with van der Waals surface area (Å²) in [5.41, 5.74) is 5.93. The molecule has 0 saturated carbocycles. The van der Waals surface area contributed by atoms with Gasteiger partial charge < -0.3 is 18.8 Å². The molecule has 1 aliphatic rings. The minimum Gasteiger partial charge on any atom is -0.374 e. The Morgan fingerprint density at radius 1 is 0.783 bits per heavy atom. The highest BCUT2D eigenvalue weighted by Crippen LogP contribution is 2.38. The van der Waals surface area contributed by atoms with E-state index in [1.807, 2.05) is 50.4 Å². The van der Waals surface area contributed by atoms with Crippen LogP contribution in [0.15, 0.2) is 128 Å². The van der Waals surface area contributed by atoms with Gasteiger partial charge in [0.15, 0.2) is 0 Å². The van der Waals surface area contributed by atoms with Crippen molar-refractivity contribution in [3.05, 3.63) is 149 Å². The van der Waals surface area contributed by atoms with Gasteiger partial charge in [-0.15, -0.1) is 11.3 Å². The molecule has 3 atom stereocenters. The van der Waals surface area contributed by atoms with Crippen molar-refractivity contribution >= 4 is 22.2 Å². The maximum Gasteiger partial charge on any atom is 0.113 e. The number of hydrogen-bond acceptors (Lipinski definition) is 5. The lowest BCUT2D eigenvalue weighted by Crippen LogP contribution is -2.35. The smallest absolute Gasteiger partial charge is 0.113 e. The molecule has 1 aliphatic heterocycles. The summed E-state index contributed by atoms with van der Waals surface area (Å²) < 4.78 is 21.8. The number of hydrogen-bond donors (Lipinski definition) is 0. The SMILES string of the molecule is CC.c1ccc(COCC2CC(OCc3ccccc3)CC(c3cn(Cc4ncc(-c5ccccc5)s4)c4ccccc34)O2)cc1. The van der Waals surface area contributed by atoms with Crippen LogP contribution in [0.1, 0.15) is 54.5 Å². The van der Waals surface area contributed by atoms with Gasteiger partial charge in [0.25, 0.3) is 0 Å². The fourth-order valence-corrected chi connectivity index (χ4v) is 6.94. The van der Waals surface area contributed by atoms with Crippen LogP contribution in [0.3, 0.4) is 0 Å². The van der Waals surface area contributed by atoms with Crippen molar-refractivity contribution in [3.8, 4) is 10.4 Å². The molecule has 5 nitrogen and oxygen atoms in total. The summed E-state index contributed by atoms with van der Waals surface area (Å²) in [6.45, 7) is 6.39. The minimum atomic E-state index is -0.0998. The normalized spacial score (nSPS) is 17.8. The van der Waals surface area contributed by atoms with Gasteiger partial charge in [-0.2, -0.15) is 0 Å². The van der Waals surface area contributed by atoms with Crippen LogP contribution in [0.4, 0.5) is 0 Å². The third kappa shape index (κ3) is 8.01. The maximum atomic E-state index is 6.79. The molecule has 46 heavy (non-hydrogen) atoms. The van der Waals surface area contributed by atoms with Crippen LogP contribution in [-0.4, -0.2) is 28.4 Å². The number of benzene rings is 4. The second-order valence-electron chi connectivity index (χ2n) is 11.4. The van der Waals surface area contributed by atoms with E-state index in [1.165, 1.54) is 32.5 Å². The molecular formula is C40H42N2O3S. The molecule has 0 spiro atoms. The first-order chi connectivity index (χ1) is 22.8. The fourth-order valence-electron chi connectivity index (χ4n) is 6.01. The first kappa shape index (κ1) is 31.9. The van der Waals surface area contributed by atoms with Crippen LogP contribution in [0.5, 0.6) is 0 Å². The van der Waals surface area contributed by atoms with Gasteiger partial charge in [-0.3, -0.25) is 0 Å². The van der Waals surface area contributed by atoms with Gasteiger partial charge in [-0.1, -0.05) is 123 Å². The molecule has 0 N–H and O–H groups in total. The molecule has 1 saturated heterocycles. The van der Waals surface area contributed by atoms with Gasteiger partial charge in [-0.25, -0.2) is 4.98 Å². The molecule has 6 heteroatoms. The highest BCUT2D eigenvalue weighted by molar-refractivity contribution is 7.15. The van der Waals surface area contributed by atoms with E-state index in [1.54, 1.807) is 11.3 Å². The second-order valence-corrected chi connectivity index (χ2v) is 12.5. The molecule has 3 heterocycles. The Hall–Kier alpha value is -4.07. The highest BCUT2D eigenvalue weighted by atomic mass is 32.1. The van der Waals surface area contributed by atoms with E-state index in [4.69, 9.17) is 19.2 Å². The Labute approximate surface area is 276 Å². The first-order valence-corrected chi connectivity index (χ1v) is 17.1. The fraction of sp³-hybridized carbons (Fsp3) is 0.275. The summed E-state index contributed by atoms with van der Waals surface area (Å²) in [4.78, 5) is 5.97. The van der Waals surface area contributed by atoms with Crippen molar-refractivity contribution in [2.45, 2.75) is 64.8 Å². The largest absolute Gasteiger partial charge is 0.374 e. The Balaban J connectivity index is 0.00000182. The van der Waals surface area contributed by atoms with Gasteiger partial charge in [0.05, 0.1) is 49.6 Å². The summed E-state index contributed by atoms with van der Waals surface area (Å²) in [5.74, 6) is 0. The molecule has 0 amide bonds. The van der Waals surface area contributed by atoms with Gasteiger partial charge in [0.2, 0.25) is 0 Å². The van der Waals surface area contributed by atoms with Crippen LogP contribution in [0.25, 0.3) is 21.3 Å². The van der Waals surface area contributed by atoms with Gasteiger partial charge >= 0.3 is 0 Å². The molecule has 4 aromatic carbocycles. The second kappa shape index (κ2) is 16.0. The van der Waals surface area contributed by atoms with E-state index in [0.717, 1.165) is 23.4 Å². The number of ether oxygens (including phenoxy) is 3. The van der Waals surface area contributed by atoms with Crippen molar-refractivity contribution in [3.63, 3.8) is 0 Å². The standard InChI is InChI=1S/C38H36N2O3S.C2H6/c1-4-12-28(13-5-1)25-41-27-32-20-31(42-26-29-14-6-2-7-15-29)21-36(43-32)34-23-40(35-19-11-10-18-33(34)35)24-38-39-22-37(44-38)30-16-8-3-9-17-30;1-2/h1-19,22-23,31-32,36H,20-21,24-27H2;1-2H3. The first-order valence-electron chi connectivity index (χ1n) is 16.3. The lowest BCUT2D eigenvalue weighted by Gasteiger charge is -2.35. The van der Waals surface area contributed by atoms with E-state index in [-0.39, 0.29) is 18.3 Å². The Kier molecular flexibility index (Phi) is 11.1. The molecule has 0 aliphatic carbocycles. The quantitative estimate of drug-likeness (QED) is 0.143. The Bertz CT molecular complexity index is 1770. The van der Waals surface area contributed by atoms with Crippen molar-refractivity contribution < 1.29 is 14.2 Å². The van der Waals surface area contributed by atoms with Crippen molar-refractivity contribution in [2.75, 3.05) is 6.61 Å². The number of rotatable bonds is 11. The molecule has 2 aromatic heterocycles. The monoisotopic (exact) mass is 630 g/mol. The summed E-state index contributed by atoms with van der Waals surface area (Å²) in [6.07, 6.45) is 5.75. The topological polar surface area (TPSA) is 45.5 Å². The van der Waals surface area contributed by atoms with Crippen LogP contribution in [0.2, 0.25) is 0 Å². The maximum absolute atomic E-state index is 6.79. The molecule has 1 fully saturated rings. The molecular weight excluding hydrogens is 589 g/mol. The summed E-state index contributed by atoms with van der Waals surface area (Å²) in [5, 5.41) is 2.29.